The summed E-state index contributed by atoms with van der Waals surface area (Å²) in [7, 11) is 0. The summed E-state index contributed by atoms with van der Waals surface area (Å²) in [6.45, 7) is 2.52. The molecule has 94 valence electrons. The highest BCUT2D eigenvalue weighted by Gasteiger charge is 2.38. The Kier molecular flexibility index (Phi) is 4.24. The van der Waals surface area contributed by atoms with Crippen LogP contribution in [-0.2, 0) is 12.7 Å². The fourth-order valence-corrected chi connectivity index (χ4v) is 1.20. The Bertz CT molecular complexity index is 356. The van der Waals surface area contributed by atoms with Gasteiger partial charge in [-0.15, -0.1) is 12.4 Å². The molecule has 0 spiro atoms. The van der Waals surface area contributed by atoms with Crippen LogP contribution in [0.15, 0.2) is 6.20 Å². The molecule has 0 aromatic carbocycles. The molecule has 1 aromatic rings. The molecule has 8 heteroatoms. The van der Waals surface area contributed by atoms with Crippen LogP contribution in [0.5, 0.6) is 0 Å². The monoisotopic (exact) mass is 259 g/mol. The van der Waals surface area contributed by atoms with Gasteiger partial charge in [0.05, 0.1) is 24.0 Å². The van der Waals surface area contributed by atoms with Gasteiger partial charge in [0.15, 0.2) is 5.69 Å². The normalized spacial score (nSPS) is 12.4. The van der Waals surface area contributed by atoms with Gasteiger partial charge in [0.1, 0.15) is 0 Å². The van der Waals surface area contributed by atoms with Crippen LogP contribution in [0.2, 0.25) is 0 Å². The zero-order valence-corrected chi connectivity index (χ0v) is 9.56. The highest BCUT2D eigenvalue weighted by molar-refractivity contribution is 5.85. The largest absolute Gasteiger partial charge is 0.435 e. The van der Waals surface area contributed by atoms with Crippen molar-refractivity contribution in [3.63, 3.8) is 0 Å². The molecule has 0 saturated carbocycles. The standard InChI is InChI=1S/C8H12F3N3O.ClH/c1-7(2,15)4-14-6(8(9,10)11)5(12)3-13-14;/h3,15H,4,12H2,1-2H3;1H. The Morgan fingerprint density at radius 1 is 1.44 bits per heavy atom. The molecule has 16 heavy (non-hydrogen) atoms. The second kappa shape index (κ2) is 4.50. The molecule has 0 aliphatic heterocycles. The molecular formula is C8H13ClF3N3O. The molecule has 0 amide bonds. The topological polar surface area (TPSA) is 64.1 Å². The Labute approximate surface area is 96.6 Å². The van der Waals surface area contributed by atoms with Gasteiger partial charge in [0.25, 0.3) is 0 Å². The second-order valence-corrected chi connectivity index (χ2v) is 3.92. The average molecular weight is 260 g/mol. The molecule has 1 rings (SSSR count). The zero-order chi connectivity index (χ0) is 11.9. The molecule has 0 radical (unpaired) electrons. The van der Waals surface area contributed by atoms with E-state index in [-0.39, 0.29) is 19.0 Å². The minimum absolute atomic E-state index is 0. The van der Waals surface area contributed by atoms with Crippen LogP contribution < -0.4 is 5.73 Å². The van der Waals surface area contributed by atoms with Crippen molar-refractivity contribution in [2.75, 3.05) is 5.73 Å². The van der Waals surface area contributed by atoms with E-state index in [1.54, 1.807) is 0 Å². The summed E-state index contributed by atoms with van der Waals surface area (Å²) in [4.78, 5) is 0. The lowest BCUT2D eigenvalue weighted by molar-refractivity contribution is -0.144. The number of hydrogen-bond acceptors (Lipinski definition) is 3. The molecule has 0 fully saturated rings. The van der Waals surface area contributed by atoms with Crippen molar-refractivity contribution in [3.8, 4) is 0 Å². The molecule has 3 N–H and O–H groups in total. The van der Waals surface area contributed by atoms with E-state index < -0.39 is 23.2 Å². The number of aromatic nitrogens is 2. The fourth-order valence-electron chi connectivity index (χ4n) is 1.20. The second-order valence-electron chi connectivity index (χ2n) is 3.92. The minimum atomic E-state index is -4.56. The van der Waals surface area contributed by atoms with Crippen molar-refractivity contribution in [3.05, 3.63) is 11.9 Å². The summed E-state index contributed by atoms with van der Waals surface area (Å²) in [5.41, 5.74) is 2.42. The van der Waals surface area contributed by atoms with Crippen molar-refractivity contribution < 1.29 is 18.3 Å². The summed E-state index contributed by atoms with van der Waals surface area (Å²) in [5, 5.41) is 12.9. The van der Waals surface area contributed by atoms with E-state index in [4.69, 9.17) is 5.73 Å². The predicted octanol–water partition coefficient (Wildman–Crippen LogP) is 1.68. The Hall–Kier alpha value is -0.950. The molecule has 0 bridgehead atoms. The van der Waals surface area contributed by atoms with E-state index in [9.17, 15) is 18.3 Å². The van der Waals surface area contributed by atoms with Crippen molar-refractivity contribution in [1.29, 1.82) is 0 Å². The minimum Gasteiger partial charge on any atom is -0.396 e. The zero-order valence-electron chi connectivity index (χ0n) is 8.75. The van der Waals surface area contributed by atoms with E-state index in [0.717, 1.165) is 6.20 Å². The van der Waals surface area contributed by atoms with Crippen molar-refractivity contribution in [2.45, 2.75) is 32.2 Å². The van der Waals surface area contributed by atoms with Crippen molar-refractivity contribution >= 4 is 18.1 Å². The molecule has 0 aliphatic rings. The Morgan fingerprint density at radius 3 is 2.31 bits per heavy atom. The Balaban J connectivity index is 0.00000225. The first kappa shape index (κ1) is 15.0. The Morgan fingerprint density at radius 2 is 1.94 bits per heavy atom. The van der Waals surface area contributed by atoms with Crippen LogP contribution in [-0.4, -0.2) is 20.5 Å². The summed E-state index contributed by atoms with van der Waals surface area (Å²) in [6, 6.07) is 0. The summed E-state index contributed by atoms with van der Waals surface area (Å²) in [6.07, 6.45) is -3.64. The maximum atomic E-state index is 12.5. The van der Waals surface area contributed by atoms with Gasteiger partial charge in [-0.2, -0.15) is 18.3 Å². The van der Waals surface area contributed by atoms with Crippen LogP contribution in [0, 0.1) is 0 Å². The van der Waals surface area contributed by atoms with Crippen LogP contribution in [0.3, 0.4) is 0 Å². The number of nitrogens with zero attached hydrogens (tertiary/aromatic N) is 2. The number of anilines is 1. The average Bonchev–Trinajstić information content (AvgIpc) is 2.25. The van der Waals surface area contributed by atoms with Gasteiger partial charge in [-0.25, -0.2) is 0 Å². The number of alkyl halides is 3. The lowest BCUT2D eigenvalue weighted by atomic mass is 10.1. The van der Waals surface area contributed by atoms with Crippen LogP contribution >= 0.6 is 12.4 Å². The first-order valence-corrected chi connectivity index (χ1v) is 4.22. The highest BCUT2D eigenvalue weighted by atomic mass is 35.5. The SMILES string of the molecule is CC(C)(O)Cn1ncc(N)c1C(F)(F)F.Cl. The van der Waals surface area contributed by atoms with Gasteiger partial charge in [-0.05, 0) is 13.8 Å². The first-order chi connectivity index (χ1) is 6.61. The van der Waals surface area contributed by atoms with Gasteiger partial charge in [-0.1, -0.05) is 0 Å². The first-order valence-electron chi connectivity index (χ1n) is 4.22. The third kappa shape index (κ3) is 3.57. The quantitative estimate of drug-likeness (QED) is 0.849. The number of nitrogens with two attached hydrogens (primary N) is 1. The maximum absolute atomic E-state index is 12.5. The van der Waals surface area contributed by atoms with Gasteiger partial charge < -0.3 is 10.8 Å². The molecular weight excluding hydrogens is 247 g/mol. The van der Waals surface area contributed by atoms with Crippen LogP contribution in [0.1, 0.15) is 19.5 Å². The third-order valence-corrected chi connectivity index (χ3v) is 1.67. The summed E-state index contributed by atoms with van der Waals surface area (Å²) < 4.78 is 38.1. The molecule has 0 saturated heterocycles. The molecule has 1 heterocycles. The van der Waals surface area contributed by atoms with Crippen molar-refractivity contribution in [2.24, 2.45) is 0 Å². The lowest BCUT2D eigenvalue weighted by Gasteiger charge is -2.19. The number of halogens is 4. The van der Waals surface area contributed by atoms with Gasteiger partial charge in [-0.3, -0.25) is 4.68 Å². The molecule has 0 aliphatic carbocycles. The summed E-state index contributed by atoms with van der Waals surface area (Å²) in [5.74, 6) is 0. The molecule has 0 atom stereocenters. The van der Waals surface area contributed by atoms with E-state index in [1.807, 2.05) is 0 Å². The fraction of sp³-hybridized carbons (Fsp3) is 0.625. The smallest absolute Gasteiger partial charge is 0.396 e. The highest BCUT2D eigenvalue weighted by Crippen LogP contribution is 2.33. The van der Waals surface area contributed by atoms with Gasteiger partial charge in [0, 0.05) is 0 Å². The van der Waals surface area contributed by atoms with E-state index in [0.29, 0.717) is 4.68 Å². The number of rotatable bonds is 2. The third-order valence-electron chi connectivity index (χ3n) is 1.67. The number of nitrogen functional groups attached to an aromatic ring is 1. The molecule has 4 nitrogen and oxygen atoms in total. The van der Waals surface area contributed by atoms with E-state index in [1.165, 1.54) is 13.8 Å². The predicted molar refractivity (Wildman–Crippen MR) is 55.2 cm³/mol. The van der Waals surface area contributed by atoms with Crippen molar-refractivity contribution in [1.82, 2.24) is 9.78 Å². The van der Waals surface area contributed by atoms with Gasteiger partial charge >= 0.3 is 6.18 Å². The summed E-state index contributed by atoms with van der Waals surface area (Å²) >= 11 is 0. The number of aliphatic hydroxyl groups is 1. The number of hydrogen-bond donors (Lipinski definition) is 2. The van der Waals surface area contributed by atoms with E-state index >= 15 is 0 Å². The van der Waals surface area contributed by atoms with E-state index in [2.05, 4.69) is 5.10 Å². The lowest BCUT2D eigenvalue weighted by Crippen LogP contribution is -2.29. The molecule has 0 unspecified atom stereocenters. The van der Waals surface area contributed by atoms with Crippen LogP contribution in [0.4, 0.5) is 18.9 Å². The molecule has 1 aromatic heterocycles. The van der Waals surface area contributed by atoms with Crippen LogP contribution in [0.25, 0.3) is 0 Å². The maximum Gasteiger partial charge on any atom is 0.435 e. The van der Waals surface area contributed by atoms with Gasteiger partial charge in [0.2, 0.25) is 0 Å².